The summed E-state index contributed by atoms with van der Waals surface area (Å²) in [6.07, 6.45) is 7.03. The summed E-state index contributed by atoms with van der Waals surface area (Å²) in [6.45, 7) is 4.35. The van der Waals surface area contributed by atoms with Crippen LogP contribution in [0.2, 0.25) is 0 Å². The van der Waals surface area contributed by atoms with E-state index < -0.39 is 0 Å². The van der Waals surface area contributed by atoms with Crippen molar-refractivity contribution in [2.45, 2.75) is 52.0 Å². The standard InChI is InChI=1S/C12H20N2S/c1-9-8-15-12(13-9)14-10(2)11-6-4-3-5-7-11/h8,10-11H,3-7H2,1-2H3,(H,13,14). The maximum Gasteiger partial charge on any atom is 0.183 e. The van der Waals surface area contributed by atoms with Crippen molar-refractivity contribution in [1.82, 2.24) is 4.98 Å². The lowest BCUT2D eigenvalue weighted by Gasteiger charge is -2.28. The summed E-state index contributed by atoms with van der Waals surface area (Å²) >= 11 is 1.72. The summed E-state index contributed by atoms with van der Waals surface area (Å²) in [6, 6.07) is 0.579. The van der Waals surface area contributed by atoms with Crippen molar-refractivity contribution < 1.29 is 0 Å². The first-order chi connectivity index (χ1) is 7.25. The fraction of sp³-hybridized carbons (Fsp3) is 0.750. The van der Waals surface area contributed by atoms with E-state index in [-0.39, 0.29) is 0 Å². The van der Waals surface area contributed by atoms with Crippen molar-refractivity contribution in [3.05, 3.63) is 11.1 Å². The third-order valence-corrected chi connectivity index (χ3v) is 4.22. The summed E-state index contributed by atoms with van der Waals surface area (Å²) < 4.78 is 0. The molecule has 2 rings (SSSR count). The molecule has 15 heavy (non-hydrogen) atoms. The minimum atomic E-state index is 0.579. The van der Waals surface area contributed by atoms with Gasteiger partial charge in [0.15, 0.2) is 5.13 Å². The van der Waals surface area contributed by atoms with Gasteiger partial charge in [-0.3, -0.25) is 0 Å². The highest BCUT2D eigenvalue weighted by Crippen LogP contribution is 2.28. The molecular formula is C12H20N2S. The molecule has 1 fully saturated rings. The summed E-state index contributed by atoms with van der Waals surface area (Å²) in [5.74, 6) is 0.850. The Balaban J connectivity index is 1.88. The Bertz CT molecular complexity index is 302. The number of anilines is 1. The lowest BCUT2D eigenvalue weighted by Crippen LogP contribution is -2.27. The van der Waals surface area contributed by atoms with Gasteiger partial charge in [0, 0.05) is 11.4 Å². The Hall–Kier alpha value is -0.570. The SMILES string of the molecule is Cc1csc(NC(C)C2CCCCC2)n1. The second kappa shape index (κ2) is 4.97. The van der Waals surface area contributed by atoms with Gasteiger partial charge in [-0.25, -0.2) is 4.98 Å². The third kappa shape index (κ3) is 2.94. The van der Waals surface area contributed by atoms with E-state index in [1.807, 2.05) is 6.92 Å². The molecule has 0 aliphatic heterocycles. The maximum atomic E-state index is 4.45. The molecule has 0 amide bonds. The second-order valence-electron chi connectivity index (χ2n) is 4.63. The van der Waals surface area contributed by atoms with Crippen molar-refractivity contribution in [1.29, 1.82) is 0 Å². The Labute approximate surface area is 96.1 Å². The zero-order valence-electron chi connectivity index (χ0n) is 9.62. The first-order valence-corrected chi connectivity index (χ1v) is 6.82. The lowest BCUT2D eigenvalue weighted by molar-refractivity contribution is 0.328. The molecule has 1 aromatic heterocycles. The maximum absolute atomic E-state index is 4.45. The Morgan fingerprint density at radius 1 is 1.40 bits per heavy atom. The monoisotopic (exact) mass is 224 g/mol. The van der Waals surface area contributed by atoms with Gasteiger partial charge in [-0.15, -0.1) is 11.3 Å². The molecule has 1 atom stereocenters. The van der Waals surface area contributed by atoms with Gasteiger partial charge in [0.1, 0.15) is 0 Å². The summed E-state index contributed by atoms with van der Waals surface area (Å²) in [5, 5.41) is 6.74. The van der Waals surface area contributed by atoms with Crippen molar-refractivity contribution >= 4 is 16.5 Å². The predicted molar refractivity (Wildman–Crippen MR) is 66.5 cm³/mol. The topological polar surface area (TPSA) is 24.9 Å². The average molecular weight is 224 g/mol. The van der Waals surface area contributed by atoms with Crippen LogP contribution in [0.1, 0.15) is 44.7 Å². The largest absolute Gasteiger partial charge is 0.359 e. The molecule has 0 radical (unpaired) electrons. The van der Waals surface area contributed by atoms with Crippen molar-refractivity contribution in [2.75, 3.05) is 5.32 Å². The molecule has 1 unspecified atom stereocenters. The van der Waals surface area contributed by atoms with Gasteiger partial charge in [-0.1, -0.05) is 19.3 Å². The smallest absolute Gasteiger partial charge is 0.183 e. The highest BCUT2D eigenvalue weighted by molar-refractivity contribution is 7.13. The van der Waals surface area contributed by atoms with Crippen LogP contribution >= 0.6 is 11.3 Å². The predicted octanol–water partition coefficient (Wildman–Crippen LogP) is 3.83. The van der Waals surface area contributed by atoms with Gasteiger partial charge in [-0.2, -0.15) is 0 Å². The molecule has 1 aliphatic rings. The molecule has 0 aromatic carbocycles. The molecule has 3 heteroatoms. The van der Waals surface area contributed by atoms with Crippen LogP contribution in [0.4, 0.5) is 5.13 Å². The number of hydrogen-bond donors (Lipinski definition) is 1. The number of thiazole rings is 1. The first-order valence-electron chi connectivity index (χ1n) is 5.94. The molecule has 1 saturated carbocycles. The lowest BCUT2D eigenvalue weighted by atomic mass is 9.85. The molecular weight excluding hydrogens is 204 g/mol. The molecule has 0 spiro atoms. The molecule has 0 bridgehead atoms. The number of aryl methyl sites for hydroxylation is 1. The van der Waals surface area contributed by atoms with E-state index >= 15 is 0 Å². The van der Waals surface area contributed by atoms with Gasteiger partial charge in [0.25, 0.3) is 0 Å². The highest BCUT2D eigenvalue weighted by Gasteiger charge is 2.20. The van der Waals surface area contributed by atoms with Crippen LogP contribution in [0.15, 0.2) is 5.38 Å². The summed E-state index contributed by atoms with van der Waals surface area (Å²) in [4.78, 5) is 4.45. The summed E-state index contributed by atoms with van der Waals surface area (Å²) in [5.41, 5.74) is 1.12. The van der Waals surface area contributed by atoms with Gasteiger partial charge in [-0.05, 0) is 32.6 Å². The number of aromatic nitrogens is 1. The quantitative estimate of drug-likeness (QED) is 0.844. The van der Waals surface area contributed by atoms with Crippen molar-refractivity contribution in [3.8, 4) is 0 Å². The van der Waals surface area contributed by atoms with Gasteiger partial charge < -0.3 is 5.32 Å². The fourth-order valence-electron chi connectivity index (χ4n) is 2.37. The third-order valence-electron chi connectivity index (χ3n) is 3.33. The molecule has 84 valence electrons. The number of rotatable bonds is 3. The number of nitrogens with zero attached hydrogens (tertiary/aromatic N) is 1. The molecule has 1 aromatic rings. The molecule has 1 N–H and O–H groups in total. The number of nitrogens with one attached hydrogen (secondary N) is 1. The van der Waals surface area contributed by atoms with Gasteiger partial charge in [0.05, 0.1) is 5.69 Å². The van der Waals surface area contributed by atoms with Crippen LogP contribution in [0.25, 0.3) is 0 Å². The van der Waals surface area contributed by atoms with E-state index in [0.717, 1.165) is 16.7 Å². The van der Waals surface area contributed by atoms with Crippen LogP contribution in [0, 0.1) is 12.8 Å². The minimum absolute atomic E-state index is 0.579. The van der Waals surface area contributed by atoms with Crippen LogP contribution in [-0.4, -0.2) is 11.0 Å². The van der Waals surface area contributed by atoms with E-state index in [1.54, 1.807) is 11.3 Å². The van der Waals surface area contributed by atoms with E-state index in [4.69, 9.17) is 0 Å². The Morgan fingerprint density at radius 3 is 2.73 bits per heavy atom. The van der Waals surface area contributed by atoms with E-state index in [1.165, 1.54) is 32.1 Å². The molecule has 1 heterocycles. The molecule has 0 saturated heterocycles. The molecule has 1 aliphatic carbocycles. The normalized spacial score (nSPS) is 20.1. The Kier molecular flexibility index (Phi) is 3.62. The first kappa shape index (κ1) is 10.9. The van der Waals surface area contributed by atoms with Crippen molar-refractivity contribution in [2.24, 2.45) is 5.92 Å². The highest BCUT2D eigenvalue weighted by atomic mass is 32.1. The van der Waals surface area contributed by atoms with Crippen LogP contribution < -0.4 is 5.32 Å². The summed E-state index contributed by atoms with van der Waals surface area (Å²) in [7, 11) is 0. The van der Waals surface area contributed by atoms with Crippen LogP contribution in [-0.2, 0) is 0 Å². The van der Waals surface area contributed by atoms with Gasteiger partial charge in [0.2, 0.25) is 0 Å². The Morgan fingerprint density at radius 2 is 2.13 bits per heavy atom. The minimum Gasteiger partial charge on any atom is -0.359 e. The zero-order valence-corrected chi connectivity index (χ0v) is 10.4. The number of hydrogen-bond acceptors (Lipinski definition) is 3. The van der Waals surface area contributed by atoms with E-state index in [2.05, 4.69) is 22.6 Å². The van der Waals surface area contributed by atoms with Crippen LogP contribution in [0.3, 0.4) is 0 Å². The van der Waals surface area contributed by atoms with E-state index in [0.29, 0.717) is 6.04 Å². The fourth-order valence-corrected chi connectivity index (χ4v) is 3.15. The van der Waals surface area contributed by atoms with Crippen molar-refractivity contribution in [3.63, 3.8) is 0 Å². The van der Waals surface area contributed by atoms with Crippen LogP contribution in [0.5, 0.6) is 0 Å². The zero-order chi connectivity index (χ0) is 10.7. The molecule has 2 nitrogen and oxygen atoms in total. The van der Waals surface area contributed by atoms with E-state index in [9.17, 15) is 0 Å². The van der Waals surface area contributed by atoms with Gasteiger partial charge >= 0.3 is 0 Å². The second-order valence-corrected chi connectivity index (χ2v) is 5.48. The average Bonchev–Trinajstić information content (AvgIpc) is 2.65.